The fraction of sp³-hybridized carbons (Fsp3) is 0.545. The van der Waals surface area contributed by atoms with Crippen molar-refractivity contribution in [3.05, 3.63) is 23.8 Å². The van der Waals surface area contributed by atoms with Crippen molar-refractivity contribution in [2.24, 2.45) is 15.2 Å². The summed E-state index contributed by atoms with van der Waals surface area (Å²) in [6.07, 6.45) is 2.66. The number of hydrogen-bond acceptors (Lipinski definition) is 6. The number of carbonyl (C=O) groups excluding carboxylic acids is 1. The Hall–Kier alpha value is -3.10. The second-order valence-electron chi connectivity index (χ2n) is 8.06. The summed E-state index contributed by atoms with van der Waals surface area (Å²) in [6, 6.07) is 6.07. The third-order valence-electron chi connectivity index (χ3n) is 6.04. The average Bonchev–Trinajstić information content (AvgIpc) is 3.34. The zero-order valence-corrected chi connectivity index (χ0v) is 18.7. The Morgan fingerprint density at radius 3 is 2.61 bits per heavy atom. The van der Waals surface area contributed by atoms with Crippen molar-refractivity contribution >= 4 is 28.6 Å². The first-order valence-electron chi connectivity index (χ1n) is 11.1. The Morgan fingerprint density at radius 1 is 1.13 bits per heavy atom. The van der Waals surface area contributed by atoms with E-state index < -0.39 is 0 Å². The fourth-order valence-corrected chi connectivity index (χ4v) is 4.40. The van der Waals surface area contributed by atoms with E-state index in [1.807, 2.05) is 43.5 Å². The van der Waals surface area contributed by atoms with Crippen molar-refractivity contribution in [2.75, 3.05) is 13.1 Å². The van der Waals surface area contributed by atoms with Crippen LogP contribution in [0.1, 0.15) is 45.6 Å². The molecule has 2 unspecified atom stereocenters. The van der Waals surface area contributed by atoms with Crippen molar-refractivity contribution in [1.82, 2.24) is 19.7 Å². The van der Waals surface area contributed by atoms with E-state index in [1.165, 1.54) is 0 Å². The number of aliphatic imine (C=N–C) groups is 1. The number of nitrogens with zero attached hydrogens (tertiary/aromatic N) is 6. The summed E-state index contributed by atoms with van der Waals surface area (Å²) in [5.74, 6) is 0.498. The molecule has 31 heavy (non-hydrogen) atoms. The van der Waals surface area contributed by atoms with Gasteiger partial charge in [0.15, 0.2) is 11.9 Å². The molecule has 0 aliphatic carbocycles. The zero-order chi connectivity index (χ0) is 22.1. The number of azo groups is 1. The monoisotopic (exact) mass is 425 g/mol. The van der Waals surface area contributed by atoms with Crippen molar-refractivity contribution < 1.29 is 9.90 Å². The highest BCUT2D eigenvalue weighted by atomic mass is 16.3. The highest BCUT2D eigenvalue weighted by Gasteiger charge is 2.48. The third kappa shape index (κ3) is 3.62. The van der Waals surface area contributed by atoms with Crippen LogP contribution in [-0.2, 0) is 6.54 Å². The molecule has 2 aromatic rings. The van der Waals surface area contributed by atoms with E-state index in [1.54, 1.807) is 9.80 Å². The van der Waals surface area contributed by atoms with E-state index in [-0.39, 0.29) is 24.2 Å². The SMILES string of the molecule is CCCCCn1c(O)c(N=NC2=NC3C(N2)N(CC)C(=O)N3CC)c2cc(C)ccc21. The van der Waals surface area contributed by atoms with E-state index in [0.717, 1.165) is 42.3 Å². The van der Waals surface area contributed by atoms with Crippen LogP contribution in [-0.4, -0.2) is 56.9 Å². The lowest BCUT2D eigenvalue weighted by atomic mass is 10.1. The van der Waals surface area contributed by atoms with Gasteiger partial charge in [-0.2, -0.15) is 0 Å². The van der Waals surface area contributed by atoms with Gasteiger partial charge in [-0.1, -0.05) is 31.4 Å². The summed E-state index contributed by atoms with van der Waals surface area (Å²) in [4.78, 5) is 20.5. The number of urea groups is 1. The number of unbranched alkanes of at least 4 members (excludes halogenated alkanes) is 2. The Labute approximate surface area is 182 Å². The molecular weight excluding hydrogens is 394 g/mol. The highest BCUT2D eigenvalue weighted by Crippen LogP contribution is 2.39. The van der Waals surface area contributed by atoms with Crippen LogP contribution >= 0.6 is 0 Å². The minimum absolute atomic E-state index is 0.0180. The van der Waals surface area contributed by atoms with Crippen molar-refractivity contribution in [1.29, 1.82) is 0 Å². The van der Waals surface area contributed by atoms with Crippen LogP contribution in [0.15, 0.2) is 33.4 Å². The van der Waals surface area contributed by atoms with Gasteiger partial charge >= 0.3 is 6.03 Å². The van der Waals surface area contributed by atoms with Crippen LogP contribution in [0.2, 0.25) is 0 Å². The molecule has 2 aliphatic rings. The zero-order valence-electron chi connectivity index (χ0n) is 18.7. The maximum Gasteiger partial charge on any atom is 0.323 e. The number of benzene rings is 1. The molecule has 1 aromatic heterocycles. The van der Waals surface area contributed by atoms with Crippen LogP contribution in [0.4, 0.5) is 10.5 Å². The predicted octanol–water partition coefficient (Wildman–Crippen LogP) is 4.32. The van der Waals surface area contributed by atoms with E-state index in [9.17, 15) is 9.90 Å². The molecule has 1 saturated heterocycles. The Kier molecular flexibility index (Phi) is 5.84. The van der Waals surface area contributed by atoms with E-state index in [4.69, 9.17) is 0 Å². The molecule has 0 saturated carbocycles. The second kappa shape index (κ2) is 8.56. The minimum Gasteiger partial charge on any atom is -0.493 e. The first-order chi connectivity index (χ1) is 15.0. The van der Waals surface area contributed by atoms with Gasteiger partial charge in [0.2, 0.25) is 11.8 Å². The van der Waals surface area contributed by atoms with Crippen molar-refractivity contribution in [3.63, 3.8) is 0 Å². The summed E-state index contributed by atoms with van der Waals surface area (Å²) >= 11 is 0. The van der Waals surface area contributed by atoms with E-state index in [0.29, 0.717) is 24.7 Å². The molecule has 2 N–H and O–H groups in total. The topological polar surface area (TPSA) is 97.8 Å². The number of guanidine groups is 1. The molecule has 4 rings (SSSR count). The minimum atomic E-state index is -0.308. The number of hydrogen-bond donors (Lipinski definition) is 2. The Morgan fingerprint density at radius 2 is 1.90 bits per heavy atom. The van der Waals surface area contributed by atoms with Crippen LogP contribution in [0.3, 0.4) is 0 Å². The molecule has 0 spiro atoms. The van der Waals surface area contributed by atoms with Crippen LogP contribution in [0.5, 0.6) is 5.88 Å². The molecule has 2 amide bonds. The molecular formula is C22H31N7O2. The molecule has 166 valence electrons. The van der Waals surface area contributed by atoms with Gasteiger partial charge in [-0.25, -0.2) is 9.79 Å². The number of fused-ring (bicyclic) bond motifs is 2. The number of aromatic hydroxyl groups is 1. The molecule has 1 aromatic carbocycles. The molecule has 1 fully saturated rings. The standard InChI is InChI=1S/C22H31N7O2/c1-5-8-9-12-29-16-11-10-14(4)13-15(16)17(20(29)30)25-26-21-23-18-19(24-21)28(7-3)22(31)27(18)6-2/h10-11,13,18-19,30H,5-9,12H2,1-4H3,(H,23,24). The van der Waals surface area contributed by atoms with E-state index in [2.05, 4.69) is 27.5 Å². The maximum atomic E-state index is 12.5. The van der Waals surface area contributed by atoms with Gasteiger partial charge in [-0.05, 0) is 39.3 Å². The van der Waals surface area contributed by atoms with Crippen molar-refractivity contribution in [3.8, 4) is 5.88 Å². The van der Waals surface area contributed by atoms with Gasteiger partial charge in [0.1, 0.15) is 6.17 Å². The van der Waals surface area contributed by atoms with Gasteiger partial charge in [0, 0.05) is 25.0 Å². The van der Waals surface area contributed by atoms with Gasteiger partial charge in [-0.3, -0.25) is 4.90 Å². The van der Waals surface area contributed by atoms with Gasteiger partial charge in [0.05, 0.1) is 5.52 Å². The summed E-state index contributed by atoms with van der Waals surface area (Å²) in [5.41, 5.74) is 2.50. The average molecular weight is 426 g/mol. The first-order valence-corrected chi connectivity index (χ1v) is 11.1. The smallest absolute Gasteiger partial charge is 0.323 e. The number of aromatic nitrogens is 1. The summed E-state index contributed by atoms with van der Waals surface area (Å²) in [7, 11) is 0. The van der Waals surface area contributed by atoms with E-state index >= 15 is 0 Å². The fourth-order valence-electron chi connectivity index (χ4n) is 4.40. The highest BCUT2D eigenvalue weighted by molar-refractivity contribution is 5.96. The quantitative estimate of drug-likeness (QED) is 0.511. The molecule has 0 radical (unpaired) electrons. The summed E-state index contributed by atoms with van der Waals surface area (Å²) in [6.45, 7) is 9.98. The Bertz CT molecular complexity index is 1040. The number of rotatable bonds is 7. The lowest BCUT2D eigenvalue weighted by molar-refractivity contribution is 0.187. The number of nitrogens with one attached hydrogen (secondary N) is 1. The summed E-state index contributed by atoms with van der Waals surface area (Å²) in [5, 5.41) is 23.7. The molecule has 2 atom stereocenters. The van der Waals surface area contributed by atoms with Crippen LogP contribution in [0, 0.1) is 6.92 Å². The normalized spacial score (nSPS) is 20.8. The third-order valence-corrected chi connectivity index (χ3v) is 6.04. The molecule has 9 heteroatoms. The molecule has 9 nitrogen and oxygen atoms in total. The second-order valence-corrected chi connectivity index (χ2v) is 8.06. The van der Waals surface area contributed by atoms with Crippen LogP contribution in [0.25, 0.3) is 10.9 Å². The number of likely N-dealkylation sites (N-methyl/N-ethyl adjacent to an activating group) is 2. The molecule has 2 aliphatic heterocycles. The predicted molar refractivity (Wildman–Crippen MR) is 121 cm³/mol. The van der Waals surface area contributed by atoms with Gasteiger partial charge in [-0.15, -0.1) is 10.2 Å². The molecule has 3 heterocycles. The lowest BCUT2D eigenvalue weighted by Gasteiger charge is -2.19. The number of carbonyl (C=O) groups is 1. The largest absolute Gasteiger partial charge is 0.493 e. The van der Waals surface area contributed by atoms with Crippen LogP contribution < -0.4 is 5.32 Å². The van der Waals surface area contributed by atoms with Gasteiger partial charge in [0.25, 0.3) is 0 Å². The summed E-state index contributed by atoms with van der Waals surface area (Å²) < 4.78 is 1.91. The lowest BCUT2D eigenvalue weighted by Crippen LogP contribution is -2.44. The van der Waals surface area contributed by atoms with Gasteiger partial charge < -0.3 is 19.9 Å². The molecule has 0 bridgehead atoms. The Balaban J connectivity index is 1.64. The number of amides is 2. The van der Waals surface area contributed by atoms with Crippen molar-refractivity contribution in [2.45, 2.75) is 65.8 Å². The maximum absolute atomic E-state index is 12.5. The first kappa shape index (κ1) is 21.1. The number of aryl methyl sites for hydroxylation is 2.